The van der Waals surface area contributed by atoms with Crippen LogP contribution in [0.4, 0.5) is 0 Å². The Hall–Kier alpha value is -1.79. The van der Waals surface area contributed by atoms with E-state index in [1.807, 2.05) is 13.0 Å². The second-order valence-electron chi connectivity index (χ2n) is 9.81. The number of carbonyl (C=O) groups is 3. The average molecular weight is 402 g/mol. The lowest BCUT2D eigenvalue weighted by atomic mass is 9.47. The maximum atomic E-state index is 12.9. The second kappa shape index (κ2) is 6.61. The molecule has 0 aromatic carbocycles. The summed E-state index contributed by atoms with van der Waals surface area (Å²) in [5.74, 6) is -0.801. The Balaban J connectivity index is 1.67. The summed E-state index contributed by atoms with van der Waals surface area (Å²) < 4.78 is 4.87. The van der Waals surface area contributed by atoms with Crippen molar-refractivity contribution in [3.63, 3.8) is 0 Å². The number of aliphatic hydroxyl groups excluding tert-OH is 1. The second-order valence-corrected chi connectivity index (χ2v) is 9.81. The van der Waals surface area contributed by atoms with Gasteiger partial charge in [-0.2, -0.15) is 0 Å². The molecule has 158 valence electrons. The van der Waals surface area contributed by atoms with Crippen molar-refractivity contribution in [2.75, 3.05) is 6.61 Å². The number of allylic oxidation sites excluding steroid dienone is 4. The molecule has 29 heavy (non-hydrogen) atoms. The van der Waals surface area contributed by atoms with E-state index in [2.05, 4.69) is 13.0 Å². The summed E-state index contributed by atoms with van der Waals surface area (Å²) in [6.45, 7) is 4.79. The SMILES string of the molecule is CC(=O)OCC(=O)C1(O)CC[C@H]2[C@@H]3CC=C4CC(=O)C=C[C@]4(C)C3[C@@H](O)C[C@@]21C. The van der Waals surface area contributed by atoms with Gasteiger partial charge in [0.15, 0.2) is 12.4 Å². The molecule has 4 aliphatic rings. The molecule has 4 rings (SSSR count). The molecule has 2 fully saturated rings. The van der Waals surface area contributed by atoms with Gasteiger partial charge >= 0.3 is 5.97 Å². The van der Waals surface area contributed by atoms with Crippen LogP contribution in [0.2, 0.25) is 0 Å². The average Bonchev–Trinajstić information content (AvgIpc) is 2.91. The predicted octanol–water partition coefficient (Wildman–Crippen LogP) is 2.13. The largest absolute Gasteiger partial charge is 0.458 e. The van der Waals surface area contributed by atoms with Crippen LogP contribution in [0.25, 0.3) is 0 Å². The Morgan fingerprint density at radius 3 is 2.72 bits per heavy atom. The molecule has 0 amide bonds. The minimum atomic E-state index is -1.61. The highest BCUT2D eigenvalue weighted by atomic mass is 16.5. The minimum Gasteiger partial charge on any atom is -0.458 e. The Labute approximate surface area is 171 Å². The van der Waals surface area contributed by atoms with Crippen molar-refractivity contribution < 1.29 is 29.3 Å². The van der Waals surface area contributed by atoms with Crippen molar-refractivity contribution in [3.8, 4) is 0 Å². The molecule has 2 N–H and O–H groups in total. The van der Waals surface area contributed by atoms with E-state index in [1.54, 1.807) is 6.08 Å². The zero-order valence-electron chi connectivity index (χ0n) is 17.3. The van der Waals surface area contributed by atoms with Gasteiger partial charge in [0.25, 0.3) is 0 Å². The van der Waals surface area contributed by atoms with Crippen LogP contribution in [-0.2, 0) is 19.1 Å². The molecule has 0 spiro atoms. The van der Waals surface area contributed by atoms with Gasteiger partial charge < -0.3 is 14.9 Å². The van der Waals surface area contributed by atoms with E-state index >= 15 is 0 Å². The van der Waals surface area contributed by atoms with Crippen LogP contribution in [0.5, 0.6) is 0 Å². The van der Waals surface area contributed by atoms with Crippen LogP contribution in [0.3, 0.4) is 0 Å². The molecule has 2 unspecified atom stereocenters. The third-order valence-electron chi connectivity index (χ3n) is 8.47. The van der Waals surface area contributed by atoms with Crippen LogP contribution < -0.4 is 0 Å². The Kier molecular flexibility index (Phi) is 4.67. The first-order valence-electron chi connectivity index (χ1n) is 10.5. The highest BCUT2D eigenvalue weighted by molar-refractivity contribution is 5.93. The van der Waals surface area contributed by atoms with E-state index in [9.17, 15) is 24.6 Å². The van der Waals surface area contributed by atoms with E-state index in [0.29, 0.717) is 25.7 Å². The molecule has 7 atom stereocenters. The molecule has 0 radical (unpaired) electrons. The predicted molar refractivity (Wildman–Crippen MR) is 105 cm³/mol. The number of carbonyl (C=O) groups excluding carboxylic acids is 3. The smallest absolute Gasteiger partial charge is 0.303 e. The third kappa shape index (κ3) is 2.79. The fourth-order valence-electron chi connectivity index (χ4n) is 6.98. The third-order valence-corrected chi connectivity index (χ3v) is 8.47. The van der Waals surface area contributed by atoms with Crippen molar-refractivity contribution in [2.45, 2.75) is 64.6 Å². The molecule has 0 heterocycles. The molecule has 0 aromatic heterocycles. The maximum Gasteiger partial charge on any atom is 0.303 e. The van der Waals surface area contributed by atoms with Gasteiger partial charge in [-0.3, -0.25) is 14.4 Å². The molecule has 0 aliphatic heterocycles. The lowest BCUT2D eigenvalue weighted by Gasteiger charge is -2.58. The van der Waals surface area contributed by atoms with Crippen molar-refractivity contribution in [2.24, 2.45) is 28.6 Å². The van der Waals surface area contributed by atoms with Crippen LogP contribution >= 0.6 is 0 Å². The van der Waals surface area contributed by atoms with Gasteiger partial charge in [-0.1, -0.05) is 31.6 Å². The van der Waals surface area contributed by atoms with Crippen LogP contribution in [0.15, 0.2) is 23.8 Å². The lowest BCUT2D eigenvalue weighted by molar-refractivity contribution is -0.179. The number of hydrogen-bond acceptors (Lipinski definition) is 6. The van der Waals surface area contributed by atoms with E-state index in [4.69, 9.17) is 4.74 Å². The first-order chi connectivity index (χ1) is 13.5. The molecular weight excluding hydrogens is 372 g/mol. The zero-order chi connectivity index (χ0) is 21.2. The molecular formula is C23H30O6. The first-order valence-corrected chi connectivity index (χ1v) is 10.5. The maximum absolute atomic E-state index is 12.9. The van der Waals surface area contributed by atoms with Crippen LogP contribution in [0, 0.1) is 28.6 Å². The van der Waals surface area contributed by atoms with Gasteiger partial charge in [-0.25, -0.2) is 0 Å². The van der Waals surface area contributed by atoms with Gasteiger partial charge in [-0.15, -0.1) is 0 Å². The molecule has 6 nitrogen and oxygen atoms in total. The molecule has 0 bridgehead atoms. The number of aliphatic hydroxyl groups is 2. The minimum absolute atomic E-state index is 0.0455. The van der Waals surface area contributed by atoms with E-state index < -0.39 is 35.5 Å². The van der Waals surface area contributed by atoms with Crippen molar-refractivity contribution in [3.05, 3.63) is 23.8 Å². The van der Waals surface area contributed by atoms with E-state index in [0.717, 1.165) is 12.0 Å². The summed E-state index contributed by atoms with van der Waals surface area (Å²) in [7, 11) is 0. The van der Waals surface area contributed by atoms with Crippen molar-refractivity contribution in [1.82, 2.24) is 0 Å². The Morgan fingerprint density at radius 1 is 1.31 bits per heavy atom. The fraction of sp³-hybridized carbons (Fsp3) is 0.696. The summed E-state index contributed by atoms with van der Waals surface area (Å²) in [6.07, 6.45) is 7.47. The highest BCUT2D eigenvalue weighted by Gasteiger charge is 2.67. The summed E-state index contributed by atoms with van der Waals surface area (Å²) in [5.41, 5.74) is -1.68. The van der Waals surface area contributed by atoms with E-state index in [-0.39, 0.29) is 29.0 Å². The number of hydrogen-bond donors (Lipinski definition) is 2. The summed E-state index contributed by atoms with van der Waals surface area (Å²) in [6, 6.07) is 0. The number of Topliss-reactive ketones (excluding diaryl/α,β-unsaturated/α-hetero) is 1. The topological polar surface area (TPSA) is 101 Å². The molecule has 6 heteroatoms. The van der Waals surface area contributed by atoms with Crippen LogP contribution in [0.1, 0.15) is 52.9 Å². The molecule has 2 saturated carbocycles. The van der Waals surface area contributed by atoms with E-state index in [1.165, 1.54) is 6.92 Å². The monoisotopic (exact) mass is 402 g/mol. The highest BCUT2D eigenvalue weighted by Crippen LogP contribution is 2.66. The van der Waals surface area contributed by atoms with Gasteiger partial charge in [0.05, 0.1) is 6.10 Å². The van der Waals surface area contributed by atoms with Crippen LogP contribution in [-0.4, -0.2) is 46.1 Å². The number of ether oxygens (including phenoxy) is 1. The quantitative estimate of drug-likeness (QED) is 0.554. The van der Waals surface area contributed by atoms with Gasteiger partial charge in [0.2, 0.25) is 5.78 Å². The van der Waals surface area contributed by atoms with Gasteiger partial charge in [-0.05, 0) is 43.6 Å². The Morgan fingerprint density at radius 2 is 2.03 bits per heavy atom. The lowest BCUT2D eigenvalue weighted by Crippen LogP contribution is -2.61. The standard InChI is InChI=1S/C23H30O6/c1-13(24)29-12-19(27)23(28)9-7-17-16-5-4-14-10-15(25)6-8-21(14,2)20(16)18(26)11-22(17,23)3/h4,6,8,16-18,20,26,28H,5,7,9-12H2,1-3H3/t16-,17-,18-,20?,21-,22-,23?/m0/s1. The van der Waals surface area contributed by atoms with Crippen molar-refractivity contribution >= 4 is 17.5 Å². The summed E-state index contributed by atoms with van der Waals surface area (Å²) in [4.78, 5) is 35.9. The number of esters is 1. The fourth-order valence-corrected chi connectivity index (χ4v) is 6.98. The molecule has 4 aliphatic carbocycles. The van der Waals surface area contributed by atoms with Gasteiger partial charge in [0, 0.05) is 30.1 Å². The number of ketones is 2. The first kappa shape index (κ1) is 20.5. The Bertz CT molecular complexity index is 827. The van der Waals surface area contributed by atoms with Gasteiger partial charge in [0.1, 0.15) is 5.60 Å². The summed E-state index contributed by atoms with van der Waals surface area (Å²) >= 11 is 0. The zero-order valence-corrected chi connectivity index (χ0v) is 17.3. The van der Waals surface area contributed by atoms with Crippen molar-refractivity contribution in [1.29, 1.82) is 0 Å². The number of fused-ring (bicyclic) bond motifs is 5. The number of rotatable bonds is 3. The molecule has 0 saturated heterocycles. The summed E-state index contributed by atoms with van der Waals surface area (Å²) in [5, 5.41) is 22.7. The molecule has 0 aromatic rings. The normalized spacial score (nSPS) is 45.7.